The first-order valence-electron chi connectivity index (χ1n) is 8.03. The Balaban J connectivity index is 1.94. The van der Waals surface area contributed by atoms with Gasteiger partial charge in [0.2, 0.25) is 0 Å². The van der Waals surface area contributed by atoms with Gasteiger partial charge < -0.3 is 0 Å². The fraction of sp³-hybridized carbons (Fsp3) is 0. The molecule has 0 radical (unpaired) electrons. The van der Waals surface area contributed by atoms with E-state index in [0.717, 1.165) is 21.2 Å². The Morgan fingerprint density at radius 1 is 0.615 bits per heavy atom. The molecular weight excluding hydrogens is 410 g/mol. The minimum absolute atomic E-state index is 0.598. The van der Waals surface area contributed by atoms with Crippen molar-refractivity contribution < 1.29 is 0 Å². The second-order valence-corrected chi connectivity index (χ2v) is 6.95. The van der Waals surface area contributed by atoms with Gasteiger partial charge in [-0.25, -0.2) is 15.0 Å². The predicted molar refractivity (Wildman–Crippen MR) is 109 cm³/mol. The SMILES string of the molecule is Clc1ccc(-c2nc(-c3ccccc3)nc(-c3ccccc3)n2)c(Br)c1. The highest BCUT2D eigenvalue weighted by atomic mass is 79.9. The monoisotopic (exact) mass is 421 g/mol. The molecule has 4 rings (SSSR count). The fourth-order valence-corrected chi connectivity index (χ4v) is 3.46. The van der Waals surface area contributed by atoms with Gasteiger partial charge in [0.25, 0.3) is 0 Å². The number of hydrogen-bond acceptors (Lipinski definition) is 3. The summed E-state index contributed by atoms with van der Waals surface area (Å²) in [4.78, 5) is 14.1. The van der Waals surface area contributed by atoms with Crippen LogP contribution < -0.4 is 0 Å². The third-order valence-electron chi connectivity index (χ3n) is 3.87. The number of benzene rings is 3. The summed E-state index contributed by atoms with van der Waals surface area (Å²) < 4.78 is 0.842. The molecule has 0 spiro atoms. The molecule has 0 aliphatic carbocycles. The van der Waals surface area contributed by atoms with Crippen LogP contribution in [0.5, 0.6) is 0 Å². The van der Waals surface area contributed by atoms with Gasteiger partial charge >= 0.3 is 0 Å². The quantitative estimate of drug-likeness (QED) is 0.389. The maximum Gasteiger partial charge on any atom is 0.165 e. The second kappa shape index (κ2) is 7.36. The molecule has 0 unspecified atom stereocenters. The molecule has 1 aromatic heterocycles. The van der Waals surface area contributed by atoms with Gasteiger partial charge in [-0.15, -0.1) is 0 Å². The first-order chi connectivity index (χ1) is 12.7. The smallest absolute Gasteiger partial charge is 0.165 e. The van der Waals surface area contributed by atoms with Crippen molar-refractivity contribution in [1.29, 1.82) is 0 Å². The Morgan fingerprint density at radius 3 is 1.62 bits per heavy atom. The lowest BCUT2D eigenvalue weighted by Gasteiger charge is -2.09. The summed E-state index contributed by atoms with van der Waals surface area (Å²) in [6.45, 7) is 0. The molecule has 0 aliphatic rings. The van der Waals surface area contributed by atoms with Crippen LogP contribution in [0.1, 0.15) is 0 Å². The zero-order chi connectivity index (χ0) is 17.9. The van der Waals surface area contributed by atoms with Crippen molar-refractivity contribution in [2.75, 3.05) is 0 Å². The van der Waals surface area contributed by atoms with Crippen molar-refractivity contribution in [2.45, 2.75) is 0 Å². The Labute approximate surface area is 164 Å². The van der Waals surface area contributed by atoms with Crippen LogP contribution in [0.25, 0.3) is 34.2 Å². The predicted octanol–water partition coefficient (Wildman–Crippen LogP) is 6.29. The highest BCUT2D eigenvalue weighted by Crippen LogP contribution is 2.31. The van der Waals surface area contributed by atoms with Crippen LogP contribution in [0.15, 0.2) is 83.3 Å². The largest absolute Gasteiger partial charge is 0.208 e. The van der Waals surface area contributed by atoms with Crippen LogP contribution in [0.3, 0.4) is 0 Å². The lowest BCUT2D eigenvalue weighted by molar-refractivity contribution is 1.07. The van der Waals surface area contributed by atoms with Crippen molar-refractivity contribution in [2.24, 2.45) is 0 Å². The van der Waals surface area contributed by atoms with Gasteiger partial charge in [-0.1, -0.05) is 72.3 Å². The molecule has 4 aromatic rings. The van der Waals surface area contributed by atoms with Gasteiger partial charge in [0, 0.05) is 26.2 Å². The second-order valence-electron chi connectivity index (χ2n) is 5.66. The zero-order valence-electron chi connectivity index (χ0n) is 13.6. The molecule has 5 heteroatoms. The van der Waals surface area contributed by atoms with E-state index in [1.165, 1.54) is 0 Å². The molecule has 3 nitrogen and oxygen atoms in total. The average Bonchev–Trinajstić information content (AvgIpc) is 2.69. The number of nitrogens with zero attached hydrogens (tertiary/aromatic N) is 3. The minimum Gasteiger partial charge on any atom is -0.208 e. The van der Waals surface area contributed by atoms with Crippen LogP contribution >= 0.6 is 27.5 Å². The van der Waals surface area contributed by atoms with E-state index in [1.54, 1.807) is 0 Å². The summed E-state index contributed by atoms with van der Waals surface area (Å²) >= 11 is 9.64. The van der Waals surface area contributed by atoms with E-state index in [0.29, 0.717) is 22.5 Å². The minimum atomic E-state index is 0.598. The first-order valence-corrected chi connectivity index (χ1v) is 9.20. The van der Waals surface area contributed by atoms with Gasteiger partial charge in [0.15, 0.2) is 17.5 Å². The molecular formula is C21H13BrClN3. The number of halogens is 2. The van der Waals surface area contributed by atoms with Crippen molar-refractivity contribution in [1.82, 2.24) is 15.0 Å². The van der Waals surface area contributed by atoms with E-state index in [-0.39, 0.29) is 0 Å². The molecule has 0 aliphatic heterocycles. The summed E-state index contributed by atoms with van der Waals surface area (Å²) in [5, 5.41) is 0.654. The van der Waals surface area contributed by atoms with E-state index in [9.17, 15) is 0 Å². The third-order valence-corrected chi connectivity index (χ3v) is 4.76. The lowest BCUT2D eigenvalue weighted by atomic mass is 10.1. The lowest BCUT2D eigenvalue weighted by Crippen LogP contribution is -2.00. The maximum absolute atomic E-state index is 6.08. The molecule has 126 valence electrons. The zero-order valence-corrected chi connectivity index (χ0v) is 15.9. The third kappa shape index (κ3) is 3.52. The van der Waals surface area contributed by atoms with Crippen molar-refractivity contribution in [3.8, 4) is 34.2 Å². The van der Waals surface area contributed by atoms with Crippen molar-refractivity contribution in [3.05, 3.63) is 88.4 Å². The van der Waals surface area contributed by atoms with Crippen molar-refractivity contribution in [3.63, 3.8) is 0 Å². The van der Waals surface area contributed by atoms with E-state index in [1.807, 2.05) is 78.9 Å². The van der Waals surface area contributed by atoms with Gasteiger partial charge in [0.05, 0.1) is 0 Å². The molecule has 0 saturated carbocycles. The summed E-state index contributed by atoms with van der Waals surface area (Å²) in [6.07, 6.45) is 0. The number of aromatic nitrogens is 3. The Hall–Kier alpha value is -2.56. The summed E-state index contributed by atoms with van der Waals surface area (Å²) in [5.41, 5.74) is 2.75. The number of hydrogen-bond donors (Lipinski definition) is 0. The molecule has 26 heavy (non-hydrogen) atoms. The van der Waals surface area contributed by atoms with E-state index < -0.39 is 0 Å². The Bertz CT molecular complexity index is 996. The molecule has 0 N–H and O–H groups in total. The van der Waals surface area contributed by atoms with Crippen LogP contribution in [0.2, 0.25) is 5.02 Å². The number of rotatable bonds is 3. The summed E-state index contributed by atoms with van der Waals surface area (Å²) in [5.74, 6) is 1.87. The highest BCUT2D eigenvalue weighted by molar-refractivity contribution is 9.10. The maximum atomic E-state index is 6.08. The van der Waals surface area contributed by atoms with E-state index in [4.69, 9.17) is 21.6 Å². The summed E-state index contributed by atoms with van der Waals surface area (Å²) in [7, 11) is 0. The Kier molecular flexibility index (Phi) is 4.78. The molecule has 0 atom stereocenters. The molecule has 0 saturated heterocycles. The van der Waals surface area contributed by atoms with Gasteiger partial charge in [-0.05, 0) is 34.1 Å². The molecule has 0 fully saturated rings. The highest BCUT2D eigenvalue weighted by Gasteiger charge is 2.13. The van der Waals surface area contributed by atoms with Gasteiger partial charge in [-0.2, -0.15) is 0 Å². The van der Waals surface area contributed by atoms with Crippen LogP contribution in [0, 0.1) is 0 Å². The first kappa shape index (κ1) is 16.9. The molecule has 3 aromatic carbocycles. The normalized spacial score (nSPS) is 10.7. The van der Waals surface area contributed by atoms with E-state index >= 15 is 0 Å². The standard InChI is InChI=1S/C21H13BrClN3/c22-18-13-16(23)11-12-17(18)21-25-19(14-7-3-1-4-8-14)24-20(26-21)15-9-5-2-6-10-15/h1-13H. The molecule has 1 heterocycles. The van der Waals surface area contributed by atoms with Crippen molar-refractivity contribution >= 4 is 27.5 Å². The topological polar surface area (TPSA) is 38.7 Å². The van der Waals surface area contributed by atoms with E-state index in [2.05, 4.69) is 20.9 Å². The molecule has 0 amide bonds. The van der Waals surface area contributed by atoms with Gasteiger partial charge in [-0.3, -0.25) is 0 Å². The van der Waals surface area contributed by atoms with Crippen LogP contribution in [-0.2, 0) is 0 Å². The van der Waals surface area contributed by atoms with Crippen LogP contribution in [0.4, 0.5) is 0 Å². The Morgan fingerprint density at radius 2 is 1.12 bits per heavy atom. The average molecular weight is 423 g/mol. The molecule has 0 bridgehead atoms. The van der Waals surface area contributed by atoms with Gasteiger partial charge in [0.1, 0.15) is 0 Å². The van der Waals surface area contributed by atoms with Crippen LogP contribution in [-0.4, -0.2) is 15.0 Å². The fourth-order valence-electron chi connectivity index (χ4n) is 2.60. The summed E-state index contributed by atoms with van der Waals surface area (Å²) in [6, 6.07) is 25.4.